The van der Waals surface area contributed by atoms with E-state index in [1.807, 2.05) is 47.9 Å². The lowest BCUT2D eigenvalue weighted by Gasteiger charge is -2.10. The van der Waals surface area contributed by atoms with Crippen LogP contribution in [0.4, 0.5) is 0 Å². The number of allylic oxidation sites excluding steroid dienone is 1. The highest BCUT2D eigenvalue weighted by Crippen LogP contribution is 2.27. The van der Waals surface area contributed by atoms with Crippen molar-refractivity contribution in [1.82, 2.24) is 9.88 Å². The molecule has 0 aliphatic rings. The minimum atomic E-state index is -0.580. The molecule has 3 rings (SSSR count). The van der Waals surface area contributed by atoms with Crippen molar-refractivity contribution in [2.45, 2.75) is 20.4 Å². The molecular weight excluding hydrogens is 428 g/mol. The number of ether oxygens (including phenoxy) is 2. The summed E-state index contributed by atoms with van der Waals surface area (Å²) in [7, 11) is 0. The second kappa shape index (κ2) is 11.5. The summed E-state index contributed by atoms with van der Waals surface area (Å²) in [6.07, 6.45) is 3.09. The number of hydrogen-bond donors (Lipinski definition) is 1. The fourth-order valence-electron chi connectivity index (χ4n) is 3.38. The average molecular weight is 455 g/mol. The first-order chi connectivity index (χ1) is 15.5. The summed E-state index contributed by atoms with van der Waals surface area (Å²) >= 11 is 6.22. The van der Waals surface area contributed by atoms with Crippen LogP contribution in [-0.2, 0) is 20.8 Å². The lowest BCUT2D eigenvalue weighted by molar-refractivity contribution is -0.139. The van der Waals surface area contributed by atoms with Crippen LogP contribution in [-0.4, -0.2) is 42.7 Å². The van der Waals surface area contributed by atoms with Crippen LogP contribution in [0.1, 0.15) is 29.8 Å². The lowest BCUT2D eigenvalue weighted by Crippen LogP contribution is -2.26. The first-order valence-corrected chi connectivity index (χ1v) is 11.0. The Kier molecular flexibility index (Phi) is 8.48. The second-order valence-corrected chi connectivity index (χ2v) is 7.52. The predicted molar refractivity (Wildman–Crippen MR) is 126 cm³/mol. The van der Waals surface area contributed by atoms with E-state index in [0.29, 0.717) is 36.9 Å². The van der Waals surface area contributed by atoms with Gasteiger partial charge in [0.15, 0.2) is 5.78 Å². The Morgan fingerprint density at radius 2 is 1.88 bits per heavy atom. The Morgan fingerprint density at radius 1 is 1.09 bits per heavy atom. The van der Waals surface area contributed by atoms with E-state index < -0.39 is 5.97 Å². The Labute approximate surface area is 192 Å². The third-order valence-electron chi connectivity index (χ3n) is 4.84. The van der Waals surface area contributed by atoms with Gasteiger partial charge in [0.05, 0.1) is 13.2 Å². The first-order valence-electron chi connectivity index (χ1n) is 10.6. The van der Waals surface area contributed by atoms with E-state index in [2.05, 4.69) is 5.32 Å². The maximum atomic E-state index is 13.2. The minimum absolute atomic E-state index is 0.0996. The SMILES string of the molecule is CCOCCNC(=CC(=O)c1cn(Cc2ccccc2)c2ccc(Cl)cc12)C(=O)OCC. The topological polar surface area (TPSA) is 69.6 Å². The molecule has 0 fully saturated rings. The Morgan fingerprint density at radius 3 is 2.59 bits per heavy atom. The van der Waals surface area contributed by atoms with Crippen LogP contribution in [0.15, 0.2) is 66.5 Å². The molecule has 0 aliphatic carbocycles. The van der Waals surface area contributed by atoms with Gasteiger partial charge in [-0.05, 0) is 37.6 Å². The molecule has 0 unspecified atom stereocenters. The highest BCUT2D eigenvalue weighted by atomic mass is 35.5. The van der Waals surface area contributed by atoms with E-state index >= 15 is 0 Å². The van der Waals surface area contributed by atoms with Crippen LogP contribution in [0.25, 0.3) is 10.9 Å². The van der Waals surface area contributed by atoms with Crippen LogP contribution >= 0.6 is 11.6 Å². The number of hydrogen-bond acceptors (Lipinski definition) is 5. The molecule has 1 heterocycles. The standard InChI is InChI=1S/C25H27ClN2O4/c1-3-31-13-12-27-22(25(30)32-4-2)15-24(29)21-17-28(16-18-8-6-5-7-9-18)23-11-10-19(26)14-20(21)23/h5-11,14-15,17,27H,3-4,12-13,16H2,1-2H3. The average Bonchev–Trinajstić information content (AvgIpc) is 3.14. The van der Waals surface area contributed by atoms with E-state index in [9.17, 15) is 9.59 Å². The molecule has 0 saturated heterocycles. The summed E-state index contributed by atoms with van der Waals surface area (Å²) in [5, 5.41) is 4.22. The second-order valence-electron chi connectivity index (χ2n) is 7.08. The molecule has 2 aromatic carbocycles. The monoisotopic (exact) mass is 454 g/mol. The molecule has 0 saturated carbocycles. The maximum Gasteiger partial charge on any atom is 0.354 e. The van der Waals surface area contributed by atoms with Gasteiger partial charge in [-0.15, -0.1) is 0 Å². The summed E-state index contributed by atoms with van der Waals surface area (Å²) in [6, 6.07) is 15.5. The molecule has 0 bridgehead atoms. The van der Waals surface area contributed by atoms with E-state index in [-0.39, 0.29) is 18.1 Å². The number of carbonyl (C=O) groups is 2. The minimum Gasteiger partial charge on any atom is -0.461 e. The molecule has 0 aliphatic heterocycles. The molecule has 1 aromatic heterocycles. The number of aromatic nitrogens is 1. The van der Waals surface area contributed by atoms with Gasteiger partial charge < -0.3 is 19.4 Å². The van der Waals surface area contributed by atoms with Gasteiger partial charge in [-0.25, -0.2) is 4.79 Å². The number of nitrogens with one attached hydrogen (secondary N) is 1. The zero-order valence-corrected chi connectivity index (χ0v) is 19.0. The zero-order chi connectivity index (χ0) is 22.9. The summed E-state index contributed by atoms with van der Waals surface area (Å²) in [4.78, 5) is 25.6. The number of esters is 1. The predicted octanol–water partition coefficient (Wildman–Crippen LogP) is 4.60. The molecule has 6 nitrogen and oxygen atoms in total. The number of fused-ring (bicyclic) bond motifs is 1. The van der Waals surface area contributed by atoms with Crippen molar-refractivity contribution in [3.05, 3.63) is 82.7 Å². The number of rotatable bonds is 11. The number of benzene rings is 2. The third-order valence-corrected chi connectivity index (χ3v) is 5.08. The Hall–Kier alpha value is -3.09. The van der Waals surface area contributed by atoms with Crippen molar-refractivity contribution in [3.8, 4) is 0 Å². The molecule has 0 spiro atoms. The van der Waals surface area contributed by atoms with Crippen molar-refractivity contribution in [2.75, 3.05) is 26.4 Å². The van der Waals surface area contributed by atoms with Crippen LogP contribution in [0.2, 0.25) is 5.02 Å². The fourth-order valence-corrected chi connectivity index (χ4v) is 3.55. The van der Waals surface area contributed by atoms with Crippen molar-refractivity contribution >= 4 is 34.3 Å². The molecule has 3 aromatic rings. The molecule has 168 valence electrons. The van der Waals surface area contributed by atoms with Crippen LogP contribution in [0, 0.1) is 0 Å². The van der Waals surface area contributed by atoms with Gasteiger partial charge in [0.2, 0.25) is 0 Å². The molecule has 0 radical (unpaired) electrons. The van der Waals surface area contributed by atoms with Crippen molar-refractivity contribution in [2.24, 2.45) is 0 Å². The van der Waals surface area contributed by atoms with E-state index in [1.165, 1.54) is 6.08 Å². The summed E-state index contributed by atoms with van der Waals surface area (Å²) in [6.45, 7) is 5.79. The number of nitrogens with zero attached hydrogens (tertiary/aromatic N) is 1. The van der Waals surface area contributed by atoms with Gasteiger partial charge >= 0.3 is 5.97 Å². The molecular formula is C25H27ClN2O4. The van der Waals surface area contributed by atoms with E-state index in [1.54, 1.807) is 25.3 Å². The first kappa shape index (κ1) is 23.6. The van der Waals surface area contributed by atoms with Crippen LogP contribution in [0.5, 0.6) is 0 Å². The lowest BCUT2D eigenvalue weighted by atomic mass is 10.1. The van der Waals surface area contributed by atoms with Crippen LogP contribution < -0.4 is 5.32 Å². The highest BCUT2D eigenvalue weighted by molar-refractivity contribution is 6.31. The van der Waals surface area contributed by atoms with Crippen LogP contribution in [0.3, 0.4) is 0 Å². The third kappa shape index (κ3) is 5.99. The van der Waals surface area contributed by atoms with Crippen molar-refractivity contribution in [3.63, 3.8) is 0 Å². The van der Waals surface area contributed by atoms with E-state index in [0.717, 1.165) is 16.5 Å². The number of ketones is 1. The molecule has 7 heteroatoms. The van der Waals surface area contributed by atoms with Crippen molar-refractivity contribution in [1.29, 1.82) is 0 Å². The largest absolute Gasteiger partial charge is 0.461 e. The Balaban J connectivity index is 1.95. The van der Waals surface area contributed by atoms with E-state index in [4.69, 9.17) is 21.1 Å². The number of carbonyl (C=O) groups excluding carboxylic acids is 2. The van der Waals surface area contributed by atoms with Gasteiger partial charge in [0, 0.05) is 53.5 Å². The normalized spacial score (nSPS) is 11.5. The molecule has 32 heavy (non-hydrogen) atoms. The highest BCUT2D eigenvalue weighted by Gasteiger charge is 2.18. The summed E-state index contributed by atoms with van der Waals surface area (Å²) in [5.41, 5.74) is 2.56. The fraction of sp³-hybridized carbons (Fsp3) is 0.280. The smallest absolute Gasteiger partial charge is 0.354 e. The molecule has 0 amide bonds. The Bertz CT molecular complexity index is 1110. The van der Waals surface area contributed by atoms with Gasteiger partial charge in [-0.3, -0.25) is 4.79 Å². The van der Waals surface area contributed by atoms with Crippen molar-refractivity contribution < 1.29 is 19.1 Å². The quantitative estimate of drug-likeness (QED) is 0.198. The zero-order valence-electron chi connectivity index (χ0n) is 18.3. The van der Waals surface area contributed by atoms with Gasteiger partial charge in [-0.1, -0.05) is 41.9 Å². The summed E-state index contributed by atoms with van der Waals surface area (Å²) in [5.74, 6) is -0.889. The molecule has 1 N–H and O–H groups in total. The molecule has 0 atom stereocenters. The van der Waals surface area contributed by atoms with Gasteiger partial charge in [0.1, 0.15) is 5.70 Å². The maximum absolute atomic E-state index is 13.2. The summed E-state index contributed by atoms with van der Waals surface area (Å²) < 4.78 is 12.4. The van der Waals surface area contributed by atoms with Gasteiger partial charge in [0.25, 0.3) is 0 Å². The number of halogens is 1. The van der Waals surface area contributed by atoms with Gasteiger partial charge in [-0.2, -0.15) is 0 Å².